The maximum absolute atomic E-state index is 12.9. The first-order chi connectivity index (χ1) is 12.3. The Bertz CT molecular complexity index is 759. The Labute approximate surface area is 147 Å². The van der Waals surface area contributed by atoms with E-state index in [-0.39, 0.29) is 11.9 Å². The molecule has 130 valence electrons. The molecule has 2 aliphatic heterocycles. The molecule has 1 fully saturated rings. The van der Waals surface area contributed by atoms with E-state index in [1.165, 1.54) is 0 Å². The Morgan fingerprint density at radius 3 is 2.68 bits per heavy atom. The van der Waals surface area contributed by atoms with Gasteiger partial charge in [-0.05, 0) is 12.0 Å². The Morgan fingerprint density at radius 2 is 1.96 bits per heavy atom. The summed E-state index contributed by atoms with van der Waals surface area (Å²) in [5, 5.41) is 0. The lowest BCUT2D eigenvalue weighted by Gasteiger charge is -2.27. The normalized spacial score (nSPS) is 18.4. The van der Waals surface area contributed by atoms with Crippen molar-refractivity contribution in [1.29, 1.82) is 0 Å². The molecule has 0 bridgehead atoms. The highest BCUT2D eigenvalue weighted by atomic mass is 16.5. The van der Waals surface area contributed by atoms with Crippen molar-refractivity contribution in [2.24, 2.45) is 0 Å². The number of benzene rings is 1. The van der Waals surface area contributed by atoms with Crippen LogP contribution in [0.15, 0.2) is 36.5 Å². The molecule has 6 nitrogen and oxygen atoms in total. The molecule has 6 heteroatoms. The van der Waals surface area contributed by atoms with E-state index in [0.717, 1.165) is 30.8 Å². The second-order valence-corrected chi connectivity index (χ2v) is 6.40. The number of morpholine rings is 1. The first-order valence-electron chi connectivity index (χ1n) is 8.82. The molecule has 1 aromatic carbocycles. The number of fused-ring (bicyclic) bond motifs is 1. The SMILES string of the molecule is CCC(c1ccccc1)N1Cc2nc(N3CCOCC3)ncc2C1=O. The number of hydrogen-bond donors (Lipinski definition) is 0. The van der Waals surface area contributed by atoms with Crippen LogP contribution in [-0.2, 0) is 11.3 Å². The molecule has 3 heterocycles. The minimum absolute atomic E-state index is 0.0271. The summed E-state index contributed by atoms with van der Waals surface area (Å²) in [7, 11) is 0. The van der Waals surface area contributed by atoms with Crippen molar-refractivity contribution in [2.75, 3.05) is 31.2 Å². The number of rotatable bonds is 4. The number of aromatic nitrogens is 2. The van der Waals surface area contributed by atoms with Crippen LogP contribution >= 0.6 is 0 Å². The van der Waals surface area contributed by atoms with Gasteiger partial charge in [-0.3, -0.25) is 4.79 Å². The van der Waals surface area contributed by atoms with Gasteiger partial charge in [-0.1, -0.05) is 37.3 Å². The predicted octanol–water partition coefficient (Wildman–Crippen LogP) is 2.42. The van der Waals surface area contributed by atoms with E-state index < -0.39 is 0 Å². The molecule has 0 spiro atoms. The number of ether oxygens (including phenoxy) is 1. The van der Waals surface area contributed by atoms with Crippen LogP contribution in [-0.4, -0.2) is 47.1 Å². The molecule has 25 heavy (non-hydrogen) atoms. The maximum Gasteiger partial charge on any atom is 0.258 e. The average Bonchev–Trinajstić information content (AvgIpc) is 3.00. The Kier molecular flexibility index (Phi) is 4.36. The third-order valence-corrected chi connectivity index (χ3v) is 4.91. The van der Waals surface area contributed by atoms with Crippen molar-refractivity contribution in [1.82, 2.24) is 14.9 Å². The number of hydrogen-bond acceptors (Lipinski definition) is 5. The zero-order valence-corrected chi connectivity index (χ0v) is 14.4. The Morgan fingerprint density at radius 1 is 1.20 bits per heavy atom. The van der Waals surface area contributed by atoms with Crippen LogP contribution in [0.25, 0.3) is 0 Å². The molecule has 4 rings (SSSR count). The number of carbonyl (C=O) groups excluding carboxylic acids is 1. The van der Waals surface area contributed by atoms with Crippen molar-refractivity contribution in [3.8, 4) is 0 Å². The average molecular weight is 338 g/mol. The standard InChI is InChI=1S/C19H22N4O2/c1-2-17(14-6-4-3-5-7-14)23-13-16-15(18(23)24)12-20-19(21-16)22-8-10-25-11-9-22/h3-7,12,17H,2,8-11,13H2,1H3. The minimum atomic E-state index is 0.0271. The molecule has 0 radical (unpaired) electrons. The number of nitrogens with zero attached hydrogens (tertiary/aromatic N) is 4. The molecule has 1 atom stereocenters. The highest BCUT2D eigenvalue weighted by molar-refractivity contribution is 5.97. The molecule has 1 saturated heterocycles. The molecular weight excluding hydrogens is 316 g/mol. The summed E-state index contributed by atoms with van der Waals surface area (Å²) < 4.78 is 5.38. The molecule has 1 amide bonds. The van der Waals surface area contributed by atoms with Crippen molar-refractivity contribution in [3.05, 3.63) is 53.3 Å². The van der Waals surface area contributed by atoms with Crippen LogP contribution < -0.4 is 4.90 Å². The summed E-state index contributed by atoms with van der Waals surface area (Å²) >= 11 is 0. The van der Waals surface area contributed by atoms with E-state index in [9.17, 15) is 4.79 Å². The molecule has 2 aromatic rings. The summed E-state index contributed by atoms with van der Waals surface area (Å²) in [6.07, 6.45) is 2.56. The van der Waals surface area contributed by atoms with Gasteiger partial charge in [0.05, 0.1) is 37.1 Å². The van der Waals surface area contributed by atoms with Gasteiger partial charge in [0.25, 0.3) is 5.91 Å². The van der Waals surface area contributed by atoms with E-state index in [1.54, 1.807) is 6.20 Å². The van der Waals surface area contributed by atoms with Crippen LogP contribution in [0.3, 0.4) is 0 Å². The third kappa shape index (κ3) is 2.98. The van der Waals surface area contributed by atoms with Gasteiger partial charge in [-0.25, -0.2) is 9.97 Å². The summed E-state index contributed by atoms with van der Waals surface area (Å²) in [4.78, 5) is 26.0. The molecule has 2 aliphatic rings. The highest BCUT2D eigenvalue weighted by Crippen LogP contribution is 2.32. The Balaban J connectivity index is 1.60. The zero-order chi connectivity index (χ0) is 17.2. The topological polar surface area (TPSA) is 58.6 Å². The zero-order valence-electron chi connectivity index (χ0n) is 14.4. The number of amides is 1. The summed E-state index contributed by atoms with van der Waals surface area (Å²) in [6.45, 7) is 5.62. The maximum atomic E-state index is 12.9. The van der Waals surface area contributed by atoms with Gasteiger partial charge in [0.1, 0.15) is 0 Å². The highest BCUT2D eigenvalue weighted by Gasteiger charge is 2.34. The molecular formula is C19H22N4O2. The van der Waals surface area contributed by atoms with Gasteiger partial charge in [-0.15, -0.1) is 0 Å². The molecule has 0 saturated carbocycles. The van der Waals surface area contributed by atoms with E-state index in [2.05, 4.69) is 33.9 Å². The summed E-state index contributed by atoms with van der Waals surface area (Å²) in [5.41, 5.74) is 2.62. The number of carbonyl (C=O) groups is 1. The predicted molar refractivity (Wildman–Crippen MR) is 94.4 cm³/mol. The first kappa shape index (κ1) is 16.0. The second-order valence-electron chi connectivity index (χ2n) is 6.40. The van der Waals surface area contributed by atoms with Gasteiger partial charge in [0, 0.05) is 19.3 Å². The van der Waals surface area contributed by atoms with Crippen LogP contribution in [0.1, 0.15) is 41.0 Å². The fourth-order valence-corrected chi connectivity index (χ4v) is 3.57. The smallest absolute Gasteiger partial charge is 0.258 e. The van der Waals surface area contributed by atoms with Crippen LogP contribution in [0.2, 0.25) is 0 Å². The third-order valence-electron chi connectivity index (χ3n) is 4.91. The molecule has 1 aromatic heterocycles. The van der Waals surface area contributed by atoms with Gasteiger partial charge >= 0.3 is 0 Å². The van der Waals surface area contributed by atoms with Crippen LogP contribution in [0.5, 0.6) is 0 Å². The van der Waals surface area contributed by atoms with Crippen LogP contribution in [0.4, 0.5) is 5.95 Å². The monoisotopic (exact) mass is 338 g/mol. The lowest BCUT2D eigenvalue weighted by molar-refractivity contribution is 0.0695. The lowest BCUT2D eigenvalue weighted by Crippen LogP contribution is -2.37. The van der Waals surface area contributed by atoms with Crippen molar-refractivity contribution in [3.63, 3.8) is 0 Å². The fraction of sp³-hybridized carbons (Fsp3) is 0.421. The van der Waals surface area contributed by atoms with E-state index in [4.69, 9.17) is 4.74 Å². The van der Waals surface area contributed by atoms with Crippen molar-refractivity contribution < 1.29 is 9.53 Å². The summed E-state index contributed by atoms with van der Waals surface area (Å²) in [5.74, 6) is 0.726. The van der Waals surface area contributed by atoms with Crippen molar-refractivity contribution >= 4 is 11.9 Å². The van der Waals surface area contributed by atoms with Crippen molar-refractivity contribution in [2.45, 2.75) is 25.9 Å². The second kappa shape index (κ2) is 6.80. The first-order valence-corrected chi connectivity index (χ1v) is 8.82. The van der Waals surface area contributed by atoms with Gasteiger partial charge < -0.3 is 14.5 Å². The summed E-state index contributed by atoms with van der Waals surface area (Å²) in [6, 6.07) is 10.3. The number of anilines is 1. The lowest BCUT2D eigenvalue weighted by atomic mass is 10.0. The fourth-order valence-electron chi connectivity index (χ4n) is 3.57. The van der Waals surface area contributed by atoms with Gasteiger partial charge in [0.2, 0.25) is 5.95 Å². The molecule has 1 unspecified atom stereocenters. The molecule has 0 aliphatic carbocycles. The van der Waals surface area contributed by atoms with Gasteiger partial charge in [0.15, 0.2) is 0 Å². The minimum Gasteiger partial charge on any atom is -0.378 e. The van der Waals surface area contributed by atoms with Gasteiger partial charge in [-0.2, -0.15) is 0 Å². The molecule has 0 N–H and O–H groups in total. The quantitative estimate of drug-likeness (QED) is 0.857. The van der Waals surface area contributed by atoms with E-state index in [0.29, 0.717) is 31.3 Å². The van der Waals surface area contributed by atoms with E-state index >= 15 is 0 Å². The Hall–Kier alpha value is -2.47. The van der Waals surface area contributed by atoms with E-state index in [1.807, 2.05) is 23.1 Å². The van der Waals surface area contributed by atoms with Crippen LogP contribution in [0, 0.1) is 0 Å². The largest absolute Gasteiger partial charge is 0.378 e.